The molecule has 0 bridgehead atoms. The predicted octanol–water partition coefficient (Wildman–Crippen LogP) is 3.44. The third kappa shape index (κ3) is 2.62. The first-order valence-corrected chi connectivity index (χ1v) is 7.72. The van der Waals surface area contributed by atoms with Crippen LogP contribution in [0.1, 0.15) is 11.1 Å². The van der Waals surface area contributed by atoms with Crippen molar-refractivity contribution in [1.29, 1.82) is 0 Å². The normalized spacial score (nSPS) is 11.1. The van der Waals surface area contributed by atoms with Gasteiger partial charge in [-0.05, 0) is 36.8 Å². The lowest BCUT2D eigenvalue weighted by molar-refractivity contribution is 0.414. The first-order valence-electron chi connectivity index (χ1n) is 7.72. The summed E-state index contributed by atoms with van der Waals surface area (Å²) >= 11 is 0. The number of benzene rings is 2. The molecule has 0 amide bonds. The Kier molecular flexibility index (Phi) is 3.49. The van der Waals surface area contributed by atoms with Crippen molar-refractivity contribution < 1.29 is 4.74 Å². The topological polar surface area (TPSA) is 75.7 Å². The summed E-state index contributed by atoms with van der Waals surface area (Å²) in [7, 11) is 1.66. The Hall–Kier alpha value is -3.15. The summed E-state index contributed by atoms with van der Waals surface area (Å²) in [5.74, 6) is 1.32. The zero-order chi connectivity index (χ0) is 16.5. The van der Waals surface area contributed by atoms with Crippen molar-refractivity contribution in [2.45, 2.75) is 13.5 Å². The Bertz CT molecular complexity index is 1020. The number of H-pyrrole nitrogens is 1. The van der Waals surface area contributed by atoms with E-state index in [0.29, 0.717) is 12.5 Å². The van der Waals surface area contributed by atoms with Crippen molar-refractivity contribution in [3.8, 4) is 5.75 Å². The van der Waals surface area contributed by atoms with Gasteiger partial charge in [0, 0.05) is 17.4 Å². The molecule has 0 saturated heterocycles. The number of nitrogens with zero attached hydrogens (tertiary/aromatic N) is 3. The van der Waals surface area contributed by atoms with Crippen LogP contribution in [0.2, 0.25) is 0 Å². The van der Waals surface area contributed by atoms with Crippen molar-refractivity contribution in [2.24, 2.45) is 0 Å². The second-order valence-electron chi connectivity index (χ2n) is 5.71. The highest BCUT2D eigenvalue weighted by Crippen LogP contribution is 2.23. The number of aromatic amines is 1. The van der Waals surface area contributed by atoms with Gasteiger partial charge in [0.05, 0.1) is 7.11 Å². The van der Waals surface area contributed by atoms with Gasteiger partial charge in [-0.1, -0.05) is 23.8 Å². The quantitative estimate of drug-likeness (QED) is 0.602. The average Bonchev–Trinajstić information content (AvgIpc) is 2.97. The minimum atomic E-state index is 0.494. The SMILES string of the molecule is COc1cccc(CNc2nnc3c(n2)[nH]c2ccc(C)cc23)c1. The summed E-state index contributed by atoms with van der Waals surface area (Å²) in [6.45, 7) is 2.66. The molecular formula is C18H17N5O. The van der Waals surface area contributed by atoms with Gasteiger partial charge in [0.2, 0.25) is 5.95 Å². The Morgan fingerprint density at radius 1 is 1.12 bits per heavy atom. The molecule has 4 aromatic rings. The summed E-state index contributed by atoms with van der Waals surface area (Å²) in [5.41, 5.74) is 4.82. The third-order valence-corrected chi connectivity index (χ3v) is 3.95. The molecular weight excluding hydrogens is 302 g/mol. The maximum absolute atomic E-state index is 5.23. The van der Waals surface area contributed by atoms with Crippen LogP contribution in [-0.2, 0) is 6.54 Å². The van der Waals surface area contributed by atoms with Crippen LogP contribution in [-0.4, -0.2) is 27.3 Å². The summed E-state index contributed by atoms with van der Waals surface area (Å²) in [6.07, 6.45) is 0. The molecule has 6 heteroatoms. The lowest BCUT2D eigenvalue weighted by Crippen LogP contribution is -2.04. The fourth-order valence-electron chi connectivity index (χ4n) is 2.72. The van der Waals surface area contributed by atoms with Gasteiger partial charge in [-0.3, -0.25) is 0 Å². The van der Waals surface area contributed by atoms with Crippen molar-refractivity contribution >= 4 is 28.0 Å². The highest BCUT2D eigenvalue weighted by Gasteiger charge is 2.09. The smallest absolute Gasteiger partial charge is 0.245 e. The van der Waals surface area contributed by atoms with Gasteiger partial charge in [0.15, 0.2) is 5.65 Å². The van der Waals surface area contributed by atoms with Crippen molar-refractivity contribution in [3.05, 3.63) is 53.6 Å². The zero-order valence-corrected chi connectivity index (χ0v) is 13.5. The molecule has 0 radical (unpaired) electrons. The van der Waals surface area contributed by atoms with Crippen LogP contribution >= 0.6 is 0 Å². The Labute approximate surface area is 138 Å². The fraction of sp³-hybridized carbons (Fsp3) is 0.167. The predicted molar refractivity (Wildman–Crippen MR) is 94.2 cm³/mol. The number of nitrogens with one attached hydrogen (secondary N) is 2. The number of fused-ring (bicyclic) bond motifs is 3. The number of aryl methyl sites for hydroxylation is 1. The van der Waals surface area contributed by atoms with E-state index in [1.165, 1.54) is 5.56 Å². The molecule has 2 aromatic carbocycles. The van der Waals surface area contributed by atoms with E-state index in [2.05, 4.69) is 44.5 Å². The molecule has 0 atom stereocenters. The third-order valence-electron chi connectivity index (χ3n) is 3.95. The van der Waals surface area contributed by atoms with E-state index < -0.39 is 0 Å². The number of anilines is 1. The largest absolute Gasteiger partial charge is 0.497 e. The van der Waals surface area contributed by atoms with Gasteiger partial charge in [-0.15, -0.1) is 10.2 Å². The number of hydrogen-bond acceptors (Lipinski definition) is 5. The van der Waals surface area contributed by atoms with Crippen LogP contribution in [0.5, 0.6) is 5.75 Å². The summed E-state index contributed by atoms with van der Waals surface area (Å²) < 4.78 is 5.23. The molecule has 0 aliphatic heterocycles. The van der Waals surface area contributed by atoms with Crippen LogP contribution < -0.4 is 10.1 Å². The average molecular weight is 319 g/mol. The maximum atomic E-state index is 5.23. The van der Waals surface area contributed by atoms with E-state index in [9.17, 15) is 0 Å². The molecule has 0 aliphatic rings. The molecule has 0 fully saturated rings. The molecule has 120 valence electrons. The highest BCUT2D eigenvalue weighted by molar-refractivity contribution is 6.03. The second-order valence-corrected chi connectivity index (χ2v) is 5.71. The number of ether oxygens (including phenoxy) is 1. The Balaban J connectivity index is 1.61. The molecule has 2 aromatic heterocycles. The van der Waals surface area contributed by atoms with E-state index >= 15 is 0 Å². The first kappa shape index (κ1) is 14.4. The van der Waals surface area contributed by atoms with Crippen LogP contribution in [0.4, 0.5) is 5.95 Å². The molecule has 0 unspecified atom stereocenters. The van der Waals surface area contributed by atoms with E-state index in [4.69, 9.17) is 4.74 Å². The van der Waals surface area contributed by atoms with E-state index in [1.54, 1.807) is 7.11 Å². The molecule has 0 spiro atoms. The van der Waals surface area contributed by atoms with Crippen LogP contribution in [0.3, 0.4) is 0 Å². The van der Waals surface area contributed by atoms with Gasteiger partial charge in [-0.2, -0.15) is 4.98 Å². The molecule has 2 N–H and O–H groups in total. The van der Waals surface area contributed by atoms with E-state index in [0.717, 1.165) is 33.4 Å². The van der Waals surface area contributed by atoms with Gasteiger partial charge >= 0.3 is 0 Å². The molecule has 6 nitrogen and oxygen atoms in total. The standard InChI is InChI=1S/C18H17N5O/c1-11-6-7-15-14(8-11)16-17(20-15)21-18(23-22-16)19-10-12-4-3-5-13(9-12)24-2/h3-9H,10H2,1-2H3,(H2,19,20,21,23). The van der Waals surface area contributed by atoms with Crippen molar-refractivity contribution in [2.75, 3.05) is 12.4 Å². The minimum Gasteiger partial charge on any atom is -0.497 e. The zero-order valence-electron chi connectivity index (χ0n) is 13.5. The number of rotatable bonds is 4. The van der Waals surface area contributed by atoms with Gasteiger partial charge in [0.1, 0.15) is 11.3 Å². The van der Waals surface area contributed by atoms with E-state index in [1.807, 2.05) is 30.3 Å². The fourth-order valence-corrected chi connectivity index (χ4v) is 2.72. The lowest BCUT2D eigenvalue weighted by Gasteiger charge is -2.06. The lowest BCUT2D eigenvalue weighted by atomic mass is 10.2. The second kappa shape index (κ2) is 5.81. The van der Waals surface area contributed by atoms with Crippen LogP contribution in [0, 0.1) is 6.92 Å². The highest BCUT2D eigenvalue weighted by atomic mass is 16.5. The molecule has 24 heavy (non-hydrogen) atoms. The van der Waals surface area contributed by atoms with Crippen molar-refractivity contribution in [1.82, 2.24) is 20.2 Å². The summed E-state index contributed by atoms with van der Waals surface area (Å²) in [5, 5.41) is 12.8. The number of hydrogen-bond donors (Lipinski definition) is 2. The number of aromatic nitrogens is 4. The first-order chi connectivity index (χ1) is 11.7. The minimum absolute atomic E-state index is 0.494. The van der Waals surface area contributed by atoms with E-state index in [-0.39, 0.29) is 0 Å². The number of methoxy groups -OCH3 is 1. The summed E-state index contributed by atoms with van der Waals surface area (Å²) in [4.78, 5) is 7.82. The molecule has 0 saturated carbocycles. The monoisotopic (exact) mass is 319 g/mol. The molecule has 4 rings (SSSR count). The van der Waals surface area contributed by atoms with Gasteiger partial charge in [0.25, 0.3) is 0 Å². The summed E-state index contributed by atoms with van der Waals surface area (Å²) in [6, 6.07) is 14.1. The Morgan fingerprint density at radius 3 is 2.92 bits per heavy atom. The Morgan fingerprint density at radius 2 is 2.04 bits per heavy atom. The van der Waals surface area contributed by atoms with Crippen LogP contribution in [0.15, 0.2) is 42.5 Å². The van der Waals surface area contributed by atoms with Crippen molar-refractivity contribution in [3.63, 3.8) is 0 Å². The van der Waals surface area contributed by atoms with Gasteiger partial charge in [-0.25, -0.2) is 0 Å². The van der Waals surface area contributed by atoms with Crippen LogP contribution in [0.25, 0.3) is 22.1 Å². The van der Waals surface area contributed by atoms with Gasteiger partial charge < -0.3 is 15.0 Å². The molecule has 0 aliphatic carbocycles. The maximum Gasteiger partial charge on any atom is 0.245 e. The molecule has 2 heterocycles.